The van der Waals surface area contributed by atoms with Gasteiger partial charge in [0.15, 0.2) is 0 Å². The Kier molecular flexibility index (Phi) is 6.36. The zero-order chi connectivity index (χ0) is 25.1. The Morgan fingerprint density at radius 2 is 1.78 bits per heavy atom. The van der Waals surface area contributed by atoms with Crippen molar-refractivity contribution < 1.29 is 14.3 Å². The standard InChI is InChI=1S/C29H26N4O3/c1-18(34)32-21-9-7-19(8-10-21)28-16-25(23-5-3-4-6-27(23)33-28)29(35)30-14-13-20-17-31-26-12-11-22(36-2)15-24(20)26/h3-12,15-17,31H,13-14H2,1-2H3,(H,30,35)(H,32,34). The number of para-hydroxylation sites is 1. The van der Waals surface area contributed by atoms with Crippen LogP contribution in [-0.4, -0.2) is 35.4 Å². The van der Waals surface area contributed by atoms with E-state index in [-0.39, 0.29) is 11.8 Å². The molecule has 0 aliphatic heterocycles. The highest BCUT2D eigenvalue weighted by Crippen LogP contribution is 2.27. The number of anilines is 1. The topological polar surface area (TPSA) is 96.1 Å². The van der Waals surface area contributed by atoms with Crippen LogP contribution in [0.15, 0.2) is 79.0 Å². The van der Waals surface area contributed by atoms with Crippen molar-refractivity contribution in [2.75, 3.05) is 19.0 Å². The number of aromatic nitrogens is 2. The fourth-order valence-electron chi connectivity index (χ4n) is 4.34. The number of carbonyl (C=O) groups is 2. The van der Waals surface area contributed by atoms with Crippen LogP contribution in [0, 0.1) is 0 Å². The Morgan fingerprint density at radius 1 is 0.972 bits per heavy atom. The lowest BCUT2D eigenvalue weighted by atomic mass is 10.0. The predicted octanol–water partition coefficient (Wildman–Crippen LogP) is 5.32. The molecule has 7 heteroatoms. The third-order valence-corrected chi connectivity index (χ3v) is 6.12. The Bertz CT molecular complexity index is 1570. The maximum absolute atomic E-state index is 13.3. The van der Waals surface area contributed by atoms with E-state index in [1.165, 1.54) is 6.92 Å². The minimum absolute atomic E-state index is 0.127. The van der Waals surface area contributed by atoms with Crippen molar-refractivity contribution in [1.82, 2.24) is 15.3 Å². The van der Waals surface area contributed by atoms with E-state index in [1.807, 2.05) is 79.0 Å². The van der Waals surface area contributed by atoms with Crippen LogP contribution in [-0.2, 0) is 11.2 Å². The zero-order valence-electron chi connectivity index (χ0n) is 20.1. The number of ether oxygens (including phenoxy) is 1. The summed E-state index contributed by atoms with van der Waals surface area (Å²) >= 11 is 0. The predicted molar refractivity (Wildman–Crippen MR) is 142 cm³/mol. The molecule has 3 aromatic carbocycles. The van der Waals surface area contributed by atoms with Crippen molar-refractivity contribution in [2.45, 2.75) is 13.3 Å². The van der Waals surface area contributed by atoms with E-state index < -0.39 is 0 Å². The van der Waals surface area contributed by atoms with Crippen LogP contribution < -0.4 is 15.4 Å². The van der Waals surface area contributed by atoms with E-state index in [1.54, 1.807) is 7.11 Å². The molecule has 0 aliphatic rings. The first-order valence-corrected chi connectivity index (χ1v) is 11.7. The molecule has 0 atom stereocenters. The van der Waals surface area contributed by atoms with Gasteiger partial charge in [-0.15, -0.1) is 0 Å². The largest absolute Gasteiger partial charge is 0.497 e. The van der Waals surface area contributed by atoms with Crippen LogP contribution in [0.2, 0.25) is 0 Å². The lowest BCUT2D eigenvalue weighted by molar-refractivity contribution is -0.114. The van der Waals surface area contributed by atoms with Crippen LogP contribution in [0.4, 0.5) is 5.69 Å². The number of nitrogens with one attached hydrogen (secondary N) is 3. The monoisotopic (exact) mass is 478 g/mol. The summed E-state index contributed by atoms with van der Waals surface area (Å²) in [6, 6.07) is 22.8. The summed E-state index contributed by atoms with van der Waals surface area (Å²) in [6.45, 7) is 1.96. The van der Waals surface area contributed by atoms with Crippen LogP contribution in [0.3, 0.4) is 0 Å². The van der Waals surface area contributed by atoms with Gasteiger partial charge in [-0.3, -0.25) is 9.59 Å². The minimum atomic E-state index is -0.151. The summed E-state index contributed by atoms with van der Waals surface area (Å²) in [6.07, 6.45) is 2.65. The van der Waals surface area contributed by atoms with Crippen molar-refractivity contribution >= 4 is 39.3 Å². The molecule has 0 unspecified atom stereocenters. The second-order valence-corrected chi connectivity index (χ2v) is 8.56. The number of amides is 2. The number of pyridine rings is 1. The van der Waals surface area contributed by atoms with E-state index in [9.17, 15) is 9.59 Å². The fraction of sp³-hybridized carbons (Fsp3) is 0.138. The van der Waals surface area contributed by atoms with Crippen molar-refractivity contribution in [3.8, 4) is 17.0 Å². The van der Waals surface area contributed by atoms with Gasteiger partial charge in [-0.25, -0.2) is 4.98 Å². The molecular weight excluding hydrogens is 452 g/mol. The average Bonchev–Trinajstić information content (AvgIpc) is 3.30. The minimum Gasteiger partial charge on any atom is -0.497 e. The maximum atomic E-state index is 13.3. The Morgan fingerprint density at radius 3 is 2.56 bits per heavy atom. The molecule has 0 saturated heterocycles. The van der Waals surface area contributed by atoms with Crippen LogP contribution in [0.1, 0.15) is 22.8 Å². The highest BCUT2D eigenvalue weighted by Gasteiger charge is 2.14. The van der Waals surface area contributed by atoms with Gasteiger partial charge in [0.05, 0.1) is 23.9 Å². The molecule has 0 aliphatic carbocycles. The van der Waals surface area contributed by atoms with Crippen LogP contribution >= 0.6 is 0 Å². The lowest BCUT2D eigenvalue weighted by Gasteiger charge is -2.11. The molecule has 2 aromatic heterocycles. The molecule has 2 heterocycles. The molecule has 0 fully saturated rings. The summed E-state index contributed by atoms with van der Waals surface area (Å²) < 4.78 is 5.35. The molecule has 0 radical (unpaired) electrons. The Labute approximate surface area is 208 Å². The highest BCUT2D eigenvalue weighted by atomic mass is 16.5. The highest BCUT2D eigenvalue weighted by molar-refractivity contribution is 6.07. The smallest absolute Gasteiger partial charge is 0.252 e. The van der Waals surface area contributed by atoms with Gasteiger partial charge in [-0.2, -0.15) is 0 Å². The van der Waals surface area contributed by atoms with Crippen LogP contribution in [0.25, 0.3) is 33.1 Å². The van der Waals surface area contributed by atoms with E-state index in [2.05, 4.69) is 15.6 Å². The second kappa shape index (κ2) is 9.92. The maximum Gasteiger partial charge on any atom is 0.252 e. The van der Waals surface area contributed by atoms with Gasteiger partial charge < -0.3 is 20.4 Å². The third kappa shape index (κ3) is 4.77. The van der Waals surface area contributed by atoms with Gasteiger partial charge in [0.1, 0.15) is 5.75 Å². The molecular formula is C29H26N4O3. The van der Waals surface area contributed by atoms with Crippen molar-refractivity contribution in [3.05, 3.63) is 90.1 Å². The van der Waals surface area contributed by atoms with Gasteiger partial charge >= 0.3 is 0 Å². The molecule has 36 heavy (non-hydrogen) atoms. The zero-order valence-corrected chi connectivity index (χ0v) is 20.1. The molecule has 7 nitrogen and oxygen atoms in total. The van der Waals surface area contributed by atoms with E-state index in [0.717, 1.165) is 38.7 Å². The first-order chi connectivity index (χ1) is 17.5. The number of H-pyrrole nitrogens is 1. The Hall–Kier alpha value is -4.65. The second-order valence-electron chi connectivity index (χ2n) is 8.56. The lowest BCUT2D eigenvalue weighted by Crippen LogP contribution is -2.26. The first kappa shape index (κ1) is 23.1. The SMILES string of the molecule is COc1ccc2[nH]cc(CCNC(=O)c3cc(-c4ccc(NC(C)=O)cc4)nc4ccccc34)c2c1. The number of aromatic amines is 1. The Balaban J connectivity index is 1.38. The van der Waals surface area contributed by atoms with Gasteiger partial charge in [0.2, 0.25) is 5.91 Å². The molecule has 2 amide bonds. The molecule has 0 saturated carbocycles. The van der Waals surface area contributed by atoms with Crippen LogP contribution in [0.5, 0.6) is 5.75 Å². The van der Waals surface area contributed by atoms with Gasteiger partial charge in [0.25, 0.3) is 5.91 Å². The summed E-state index contributed by atoms with van der Waals surface area (Å²) in [5, 5.41) is 7.72. The van der Waals surface area contributed by atoms with E-state index >= 15 is 0 Å². The molecule has 3 N–H and O–H groups in total. The quantitative estimate of drug-likeness (QED) is 0.295. The summed E-state index contributed by atoms with van der Waals surface area (Å²) in [4.78, 5) is 32.7. The van der Waals surface area contributed by atoms with E-state index in [0.29, 0.717) is 29.9 Å². The molecule has 5 rings (SSSR count). The number of hydrogen-bond acceptors (Lipinski definition) is 4. The van der Waals surface area contributed by atoms with E-state index in [4.69, 9.17) is 9.72 Å². The molecule has 5 aromatic rings. The average molecular weight is 479 g/mol. The number of rotatable bonds is 7. The van der Waals surface area contributed by atoms with Crippen molar-refractivity contribution in [3.63, 3.8) is 0 Å². The first-order valence-electron chi connectivity index (χ1n) is 11.7. The number of methoxy groups -OCH3 is 1. The summed E-state index contributed by atoms with van der Waals surface area (Å²) in [5.74, 6) is 0.521. The summed E-state index contributed by atoms with van der Waals surface area (Å²) in [7, 11) is 1.65. The van der Waals surface area contributed by atoms with Crippen molar-refractivity contribution in [2.24, 2.45) is 0 Å². The van der Waals surface area contributed by atoms with Gasteiger partial charge in [0, 0.05) is 47.2 Å². The summed E-state index contributed by atoms with van der Waals surface area (Å²) in [5.41, 5.74) is 5.72. The number of carbonyl (C=O) groups excluding carboxylic acids is 2. The number of benzene rings is 3. The normalized spacial score (nSPS) is 10.9. The van der Waals surface area contributed by atoms with Gasteiger partial charge in [-0.05, 0) is 54.4 Å². The molecule has 0 spiro atoms. The number of hydrogen-bond donors (Lipinski definition) is 3. The van der Waals surface area contributed by atoms with Gasteiger partial charge in [-0.1, -0.05) is 30.3 Å². The van der Waals surface area contributed by atoms with Crippen molar-refractivity contribution in [1.29, 1.82) is 0 Å². The fourth-order valence-corrected chi connectivity index (χ4v) is 4.34. The third-order valence-electron chi connectivity index (χ3n) is 6.12. The number of fused-ring (bicyclic) bond motifs is 2. The molecule has 0 bridgehead atoms. The molecule has 180 valence electrons. The number of nitrogens with zero attached hydrogens (tertiary/aromatic N) is 1.